The van der Waals surface area contributed by atoms with E-state index in [0.29, 0.717) is 18.1 Å². The summed E-state index contributed by atoms with van der Waals surface area (Å²) in [4.78, 5) is 13.8. The number of nitrogens with zero attached hydrogens (tertiary/aromatic N) is 1. The second-order valence-corrected chi connectivity index (χ2v) is 4.33. The Morgan fingerprint density at radius 1 is 1.56 bits per heavy atom. The number of amides is 1. The van der Waals surface area contributed by atoms with E-state index in [1.165, 1.54) is 0 Å². The number of likely N-dealkylation sites (N-methyl/N-ethyl adjacent to an activating group) is 1. The molecule has 1 atom stereocenters. The number of anilines is 1. The van der Waals surface area contributed by atoms with Crippen molar-refractivity contribution in [1.29, 1.82) is 0 Å². The number of rotatable bonds is 3. The maximum atomic E-state index is 11.8. The molecule has 1 aromatic carbocycles. The smallest absolute Gasteiger partial charge is 0.246 e. The zero-order chi connectivity index (χ0) is 11.7. The summed E-state index contributed by atoms with van der Waals surface area (Å²) in [5.74, 6) is -0.0202. The Labute approximate surface area is 99.4 Å². The van der Waals surface area contributed by atoms with Crippen LogP contribution >= 0.6 is 11.6 Å². The van der Waals surface area contributed by atoms with E-state index in [2.05, 4.69) is 5.32 Å². The molecule has 4 nitrogen and oxygen atoms in total. The van der Waals surface area contributed by atoms with Crippen LogP contribution in [0.25, 0.3) is 0 Å². The van der Waals surface area contributed by atoms with E-state index >= 15 is 0 Å². The van der Waals surface area contributed by atoms with E-state index in [-0.39, 0.29) is 11.9 Å². The van der Waals surface area contributed by atoms with Gasteiger partial charge in [0, 0.05) is 29.4 Å². The van der Waals surface area contributed by atoms with Crippen LogP contribution in [0.3, 0.4) is 0 Å². The molecule has 1 aromatic rings. The van der Waals surface area contributed by atoms with Crippen LogP contribution in [0.4, 0.5) is 5.69 Å². The Balaban J connectivity index is 2.32. The van der Waals surface area contributed by atoms with Crippen molar-refractivity contribution >= 4 is 23.2 Å². The molecule has 1 aliphatic rings. The van der Waals surface area contributed by atoms with Crippen molar-refractivity contribution in [3.63, 3.8) is 0 Å². The van der Waals surface area contributed by atoms with Gasteiger partial charge in [0.05, 0.1) is 0 Å². The van der Waals surface area contributed by atoms with Gasteiger partial charge in [-0.15, -0.1) is 0 Å². The molecule has 2 rings (SSSR count). The highest BCUT2D eigenvalue weighted by Crippen LogP contribution is 2.35. The second-order valence-electron chi connectivity index (χ2n) is 3.89. The Morgan fingerprint density at radius 2 is 2.31 bits per heavy atom. The van der Waals surface area contributed by atoms with Gasteiger partial charge in [-0.25, -0.2) is 0 Å². The molecule has 1 unspecified atom stereocenters. The van der Waals surface area contributed by atoms with Gasteiger partial charge >= 0.3 is 0 Å². The Kier molecular flexibility index (Phi) is 3.14. The molecule has 16 heavy (non-hydrogen) atoms. The van der Waals surface area contributed by atoms with Crippen LogP contribution in [0.2, 0.25) is 5.02 Å². The summed E-state index contributed by atoms with van der Waals surface area (Å²) in [5, 5.41) is 3.45. The monoisotopic (exact) mass is 239 g/mol. The Bertz CT molecular complexity index is 422. The van der Waals surface area contributed by atoms with Crippen LogP contribution in [0.15, 0.2) is 18.2 Å². The van der Waals surface area contributed by atoms with Crippen LogP contribution < -0.4 is 11.1 Å². The number of nitrogens with two attached hydrogens (primary N) is 1. The summed E-state index contributed by atoms with van der Waals surface area (Å²) in [5.41, 5.74) is 7.25. The minimum atomic E-state index is -0.254. The van der Waals surface area contributed by atoms with Crippen molar-refractivity contribution in [3.05, 3.63) is 28.8 Å². The topological polar surface area (TPSA) is 58.4 Å². The first-order chi connectivity index (χ1) is 7.63. The number of benzene rings is 1. The van der Waals surface area contributed by atoms with Gasteiger partial charge in [0.15, 0.2) is 0 Å². The number of carbonyl (C=O) groups excluding carboxylic acids is 1. The Hall–Kier alpha value is -1.10. The van der Waals surface area contributed by atoms with Crippen molar-refractivity contribution in [2.45, 2.75) is 6.04 Å². The molecule has 0 fully saturated rings. The maximum Gasteiger partial charge on any atom is 0.246 e. The van der Waals surface area contributed by atoms with E-state index in [4.69, 9.17) is 17.3 Å². The predicted octanol–water partition coefficient (Wildman–Crippen LogP) is 1.22. The minimum Gasteiger partial charge on any atom is -0.329 e. The number of hydrogen-bond donors (Lipinski definition) is 2. The fourth-order valence-electron chi connectivity index (χ4n) is 1.99. The summed E-state index contributed by atoms with van der Waals surface area (Å²) in [6.45, 7) is 1.21. The third-order valence-electron chi connectivity index (χ3n) is 2.74. The lowest BCUT2D eigenvalue weighted by molar-refractivity contribution is -0.120. The van der Waals surface area contributed by atoms with Crippen LogP contribution in [0.1, 0.15) is 11.6 Å². The van der Waals surface area contributed by atoms with Crippen LogP contribution in [-0.2, 0) is 4.79 Å². The number of carbonyl (C=O) groups is 1. The number of fused-ring (bicyclic) bond motifs is 1. The van der Waals surface area contributed by atoms with Gasteiger partial charge in [-0.2, -0.15) is 0 Å². The van der Waals surface area contributed by atoms with E-state index in [0.717, 1.165) is 11.3 Å². The largest absolute Gasteiger partial charge is 0.329 e. The van der Waals surface area contributed by atoms with Crippen LogP contribution in [0, 0.1) is 0 Å². The molecule has 0 saturated carbocycles. The quantitative estimate of drug-likeness (QED) is 0.834. The first-order valence-corrected chi connectivity index (χ1v) is 5.52. The molecule has 0 aromatic heterocycles. The molecule has 1 amide bonds. The average molecular weight is 240 g/mol. The standard InChI is InChI=1S/C11H14ClN3O/c1-15(5-4-13)10-8-3-2-7(12)6-9(8)14-11(10)16/h2-3,6,10H,4-5,13H2,1H3,(H,14,16). The van der Waals surface area contributed by atoms with Gasteiger partial charge < -0.3 is 11.1 Å². The molecule has 5 heteroatoms. The lowest BCUT2D eigenvalue weighted by Crippen LogP contribution is -2.33. The molecular formula is C11H14ClN3O. The van der Waals surface area contributed by atoms with Crippen LogP contribution in [-0.4, -0.2) is 30.9 Å². The van der Waals surface area contributed by atoms with Gasteiger partial charge in [-0.05, 0) is 19.2 Å². The molecule has 0 saturated heterocycles. The van der Waals surface area contributed by atoms with Crippen molar-refractivity contribution in [1.82, 2.24) is 4.90 Å². The van der Waals surface area contributed by atoms with E-state index < -0.39 is 0 Å². The van der Waals surface area contributed by atoms with Gasteiger partial charge in [0.25, 0.3) is 0 Å². The first kappa shape index (κ1) is 11.4. The van der Waals surface area contributed by atoms with Crippen molar-refractivity contribution < 1.29 is 4.79 Å². The zero-order valence-electron chi connectivity index (χ0n) is 9.03. The number of halogens is 1. The molecule has 1 heterocycles. The number of hydrogen-bond acceptors (Lipinski definition) is 3. The predicted molar refractivity (Wildman–Crippen MR) is 64.5 cm³/mol. The van der Waals surface area contributed by atoms with Crippen molar-refractivity contribution in [3.8, 4) is 0 Å². The summed E-state index contributed by atoms with van der Waals surface area (Å²) in [6.07, 6.45) is 0. The molecular weight excluding hydrogens is 226 g/mol. The Morgan fingerprint density at radius 3 is 3.00 bits per heavy atom. The zero-order valence-corrected chi connectivity index (χ0v) is 9.79. The lowest BCUT2D eigenvalue weighted by atomic mass is 10.1. The SMILES string of the molecule is CN(CCN)C1C(=O)Nc2cc(Cl)ccc21. The fourth-order valence-corrected chi connectivity index (χ4v) is 2.16. The molecule has 0 bridgehead atoms. The molecule has 0 aliphatic carbocycles. The lowest BCUT2D eigenvalue weighted by Gasteiger charge is -2.21. The summed E-state index contributed by atoms with van der Waals surface area (Å²) in [6, 6.07) is 5.19. The van der Waals surface area contributed by atoms with E-state index in [1.807, 2.05) is 18.0 Å². The summed E-state index contributed by atoms with van der Waals surface area (Å²) >= 11 is 5.87. The third kappa shape index (κ3) is 1.91. The van der Waals surface area contributed by atoms with Gasteiger partial charge in [-0.3, -0.25) is 9.69 Å². The van der Waals surface area contributed by atoms with Gasteiger partial charge in [-0.1, -0.05) is 17.7 Å². The minimum absolute atomic E-state index is 0.0202. The first-order valence-electron chi connectivity index (χ1n) is 5.14. The second kappa shape index (κ2) is 4.41. The summed E-state index contributed by atoms with van der Waals surface area (Å²) < 4.78 is 0. The summed E-state index contributed by atoms with van der Waals surface area (Å²) in [7, 11) is 1.89. The third-order valence-corrected chi connectivity index (χ3v) is 2.97. The van der Waals surface area contributed by atoms with Gasteiger partial charge in [0.1, 0.15) is 6.04 Å². The highest BCUT2D eigenvalue weighted by atomic mass is 35.5. The molecule has 1 aliphatic heterocycles. The fraction of sp³-hybridized carbons (Fsp3) is 0.364. The number of nitrogens with one attached hydrogen (secondary N) is 1. The molecule has 86 valence electrons. The van der Waals surface area contributed by atoms with E-state index in [1.54, 1.807) is 12.1 Å². The molecule has 3 N–H and O–H groups in total. The van der Waals surface area contributed by atoms with Crippen molar-refractivity contribution in [2.24, 2.45) is 5.73 Å². The molecule has 0 spiro atoms. The normalized spacial score (nSPS) is 18.8. The van der Waals surface area contributed by atoms with Crippen molar-refractivity contribution in [2.75, 3.05) is 25.5 Å². The molecule has 0 radical (unpaired) electrons. The maximum absolute atomic E-state index is 11.8. The van der Waals surface area contributed by atoms with E-state index in [9.17, 15) is 4.79 Å². The highest BCUT2D eigenvalue weighted by molar-refractivity contribution is 6.31. The van der Waals surface area contributed by atoms with Crippen LogP contribution in [0.5, 0.6) is 0 Å². The average Bonchev–Trinajstić information content (AvgIpc) is 2.53. The highest BCUT2D eigenvalue weighted by Gasteiger charge is 2.33. The van der Waals surface area contributed by atoms with Gasteiger partial charge in [0.2, 0.25) is 5.91 Å².